The molecule has 1 amide bonds. The van der Waals surface area contributed by atoms with Crippen molar-refractivity contribution >= 4 is 12.2 Å². The van der Waals surface area contributed by atoms with Crippen LogP contribution < -0.4 is 0 Å². The van der Waals surface area contributed by atoms with Crippen LogP contribution in [0.2, 0.25) is 0 Å². The van der Waals surface area contributed by atoms with Gasteiger partial charge in [-0.3, -0.25) is 0 Å². The zero-order valence-corrected chi connectivity index (χ0v) is 14.6. The highest BCUT2D eigenvalue weighted by atomic mass is 19.1. The van der Waals surface area contributed by atoms with E-state index in [-0.39, 0.29) is 37.0 Å². The van der Waals surface area contributed by atoms with E-state index < -0.39 is 6.16 Å². The minimum absolute atomic E-state index is 0.0562. The van der Waals surface area contributed by atoms with Crippen LogP contribution in [0.25, 0.3) is 0 Å². The van der Waals surface area contributed by atoms with E-state index in [1.807, 2.05) is 0 Å². The summed E-state index contributed by atoms with van der Waals surface area (Å²) in [4.78, 5) is 25.1. The number of amides is 1. The molecule has 1 aromatic rings. The fourth-order valence-electron chi connectivity index (χ4n) is 3.07. The number of likely N-dealkylation sites (tertiary alicyclic amines) is 1. The van der Waals surface area contributed by atoms with E-state index in [4.69, 9.17) is 14.2 Å². The molecule has 2 atom stereocenters. The van der Waals surface area contributed by atoms with Crippen molar-refractivity contribution in [3.8, 4) is 0 Å². The molecule has 1 aromatic carbocycles. The summed E-state index contributed by atoms with van der Waals surface area (Å²) in [6.07, 6.45) is -0.420. The average Bonchev–Trinajstić information content (AvgIpc) is 2.61. The summed E-state index contributed by atoms with van der Waals surface area (Å²) < 4.78 is 28.2. The first-order valence-electron chi connectivity index (χ1n) is 8.51. The van der Waals surface area contributed by atoms with Crippen LogP contribution in [0.3, 0.4) is 0 Å². The third-order valence-electron chi connectivity index (χ3n) is 4.24. The van der Waals surface area contributed by atoms with Crippen LogP contribution in [-0.4, -0.2) is 50.1 Å². The molecule has 2 unspecified atom stereocenters. The van der Waals surface area contributed by atoms with Crippen molar-refractivity contribution in [3.63, 3.8) is 0 Å². The smallest absolute Gasteiger partial charge is 0.450 e. The highest BCUT2D eigenvalue weighted by Crippen LogP contribution is 2.33. The van der Waals surface area contributed by atoms with Gasteiger partial charge in [-0.15, -0.1) is 0 Å². The molecular formula is C18H24FNO5. The van der Waals surface area contributed by atoms with Crippen molar-refractivity contribution in [1.29, 1.82) is 0 Å². The molecule has 1 saturated heterocycles. The molecule has 2 rings (SSSR count). The topological polar surface area (TPSA) is 65.1 Å². The number of carbonyl (C=O) groups is 2. The summed E-state index contributed by atoms with van der Waals surface area (Å²) in [7, 11) is 0. The first-order chi connectivity index (χ1) is 12.0. The zero-order chi connectivity index (χ0) is 18.2. The highest BCUT2D eigenvalue weighted by Gasteiger charge is 2.34. The fraction of sp³-hybridized carbons (Fsp3) is 0.556. The summed E-state index contributed by atoms with van der Waals surface area (Å²) in [5, 5.41) is 0. The molecule has 0 radical (unpaired) electrons. The van der Waals surface area contributed by atoms with Crippen molar-refractivity contribution in [2.24, 2.45) is 5.92 Å². The number of carbonyl (C=O) groups excluding carboxylic acids is 2. The summed E-state index contributed by atoms with van der Waals surface area (Å²) in [5.41, 5.74) is 0.961. The molecule has 1 heterocycles. The Labute approximate surface area is 146 Å². The average molecular weight is 353 g/mol. The van der Waals surface area contributed by atoms with Gasteiger partial charge in [0, 0.05) is 19.0 Å². The lowest BCUT2D eigenvalue weighted by atomic mass is 9.81. The van der Waals surface area contributed by atoms with Crippen LogP contribution in [0.1, 0.15) is 31.7 Å². The number of hydrogen-bond acceptors (Lipinski definition) is 5. The summed E-state index contributed by atoms with van der Waals surface area (Å²) in [6, 6.07) is 6.29. The first-order valence-corrected chi connectivity index (χ1v) is 8.51. The predicted molar refractivity (Wildman–Crippen MR) is 88.8 cm³/mol. The number of nitrogens with zero attached hydrogens (tertiary/aromatic N) is 1. The third-order valence-corrected chi connectivity index (χ3v) is 4.24. The van der Waals surface area contributed by atoms with Crippen molar-refractivity contribution in [2.75, 3.05) is 32.9 Å². The van der Waals surface area contributed by atoms with Crippen LogP contribution in [0, 0.1) is 11.7 Å². The van der Waals surface area contributed by atoms with Crippen LogP contribution in [-0.2, 0) is 14.2 Å². The van der Waals surface area contributed by atoms with E-state index in [2.05, 4.69) is 0 Å². The molecule has 0 bridgehead atoms. The Morgan fingerprint density at radius 1 is 1.12 bits per heavy atom. The van der Waals surface area contributed by atoms with E-state index in [9.17, 15) is 14.0 Å². The molecule has 1 aliphatic heterocycles. The number of halogens is 1. The maximum Gasteiger partial charge on any atom is 0.508 e. The zero-order valence-electron chi connectivity index (χ0n) is 14.6. The molecule has 0 aromatic heterocycles. The van der Waals surface area contributed by atoms with Crippen molar-refractivity contribution < 1.29 is 28.2 Å². The largest absolute Gasteiger partial charge is 0.508 e. The van der Waals surface area contributed by atoms with Gasteiger partial charge in [-0.2, -0.15) is 0 Å². The predicted octanol–water partition coefficient (Wildman–Crippen LogP) is 3.56. The van der Waals surface area contributed by atoms with Gasteiger partial charge in [-0.05, 0) is 43.9 Å². The Hall–Kier alpha value is -2.31. The van der Waals surface area contributed by atoms with Crippen molar-refractivity contribution in [3.05, 3.63) is 35.6 Å². The molecular weight excluding hydrogens is 329 g/mol. The summed E-state index contributed by atoms with van der Waals surface area (Å²) >= 11 is 0. The summed E-state index contributed by atoms with van der Waals surface area (Å²) in [5.74, 6) is -0.360. The maximum absolute atomic E-state index is 13.2. The first kappa shape index (κ1) is 19.0. The number of ether oxygens (including phenoxy) is 3. The second kappa shape index (κ2) is 9.25. The standard InChI is InChI=1S/C18H24FNO5/c1-3-23-17(21)20-10-9-16(13-5-7-15(19)8-6-13)14(11-20)12-25-18(22)24-4-2/h5-8,14,16H,3-4,9-12H2,1-2H3. The lowest BCUT2D eigenvalue weighted by Gasteiger charge is -2.37. The van der Waals surface area contributed by atoms with Gasteiger partial charge < -0.3 is 19.1 Å². The van der Waals surface area contributed by atoms with E-state index >= 15 is 0 Å². The lowest BCUT2D eigenvalue weighted by molar-refractivity contribution is 0.0268. The van der Waals surface area contributed by atoms with E-state index in [1.54, 1.807) is 30.9 Å². The minimum Gasteiger partial charge on any atom is -0.450 e. The van der Waals surface area contributed by atoms with Crippen LogP contribution in [0.15, 0.2) is 24.3 Å². The van der Waals surface area contributed by atoms with Crippen LogP contribution in [0.4, 0.5) is 14.0 Å². The quantitative estimate of drug-likeness (QED) is 0.757. The number of benzene rings is 1. The van der Waals surface area contributed by atoms with E-state index in [0.29, 0.717) is 26.1 Å². The Bertz CT molecular complexity index is 577. The SMILES string of the molecule is CCOC(=O)OCC1CN(C(=O)OCC)CCC1c1ccc(F)cc1. The molecule has 1 aliphatic rings. The van der Waals surface area contributed by atoms with Crippen molar-refractivity contribution in [1.82, 2.24) is 4.90 Å². The third kappa shape index (κ3) is 5.34. The fourth-order valence-corrected chi connectivity index (χ4v) is 3.07. The van der Waals surface area contributed by atoms with Gasteiger partial charge in [-0.25, -0.2) is 14.0 Å². The van der Waals surface area contributed by atoms with Crippen LogP contribution in [0.5, 0.6) is 0 Å². The monoisotopic (exact) mass is 353 g/mol. The Morgan fingerprint density at radius 3 is 2.44 bits per heavy atom. The van der Waals surface area contributed by atoms with Gasteiger partial charge in [0.1, 0.15) is 12.4 Å². The molecule has 25 heavy (non-hydrogen) atoms. The second-order valence-corrected chi connectivity index (χ2v) is 5.85. The van der Waals surface area contributed by atoms with Gasteiger partial charge in [0.2, 0.25) is 0 Å². The number of piperidine rings is 1. The van der Waals surface area contributed by atoms with E-state index in [1.165, 1.54) is 12.1 Å². The molecule has 6 nitrogen and oxygen atoms in total. The highest BCUT2D eigenvalue weighted by molar-refractivity contribution is 5.67. The maximum atomic E-state index is 13.2. The lowest BCUT2D eigenvalue weighted by Crippen LogP contribution is -2.45. The molecule has 0 N–H and O–H groups in total. The Morgan fingerprint density at radius 2 is 1.80 bits per heavy atom. The summed E-state index contributed by atoms with van der Waals surface area (Å²) in [6.45, 7) is 5.06. The molecule has 138 valence electrons. The minimum atomic E-state index is -0.728. The second-order valence-electron chi connectivity index (χ2n) is 5.85. The van der Waals surface area contributed by atoms with Gasteiger partial charge in [-0.1, -0.05) is 12.1 Å². The normalized spacial score (nSPS) is 20.0. The molecule has 0 spiro atoms. The molecule has 7 heteroatoms. The number of rotatable bonds is 5. The molecule has 0 aliphatic carbocycles. The Kier molecular flexibility index (Phi) is 7.03. The van der Waals surface area contributed by atoms with Crippen LogP contribution >= 0.6 is 0 Å². The van der Waals surface area contributed by atoms with Crippen molar-refractivity contribution in [2.45, 2.75) is 26.2 Å². The van der Waals surface area contributed by atoms with Gasteiger partial charge in [0.15, 0.2) is 0 Å². The molecule has 0 saturated carbocycles. The molecule has 1 fully saturated rings. The van der Waals surface area contributed by atoms with Gasteiger partial charge in [0.25, 0.3) is 0 Å². The van der Waals surface area contributed by atoms with Gasteiger partial charge >= 0.3 is 12.2 Å². The van der Waals surface area contributed by atoms with Gasteiger partial charge in [0.05, 0.1) is 13.2 Å². The number of hydrogen-bond donors (Lipinski definition) is 0. The van der Waals surface area contributed by atoms with E-state index in [0.717, 1.165) is 5.56 Å². The Balaban J connectivity index is 2.09.